The Hall–Kier alpha value is -3.06. The SMILES string of the molecule is CC(C)CCc1n[nH]c2cc(O)c(C(=O)N3Cc4ccc(OC5CCN(C)CC5)cc4C3)cc12. The molecule has 2 aliphatic rings. The minimum Gasteiger partial charge on any atom is -0.507 e. The summed E-state index contributed by atoms with van der Waals surface area (Å²) in [4.78, 5) is 17.5. The molecule has 34 heavy (non-hydrogen) atoms. The van der Waals surface area contributed by atoms with Crippen molar-refractivity contribution in [1.29, 1.82) is 0 Å². The number of phenols is 1. The first kappa shape index (κ1) is 22.7. The smallest absolute Gasteiger partial charge is 0.258 e. The second-order valence-electron chi connectivity index (χ2n) is 10.2. The molecule has 7 heteroatoms. The fraction of sp³-hybridized carbons (Fsp3) is 0.481. The predicted molar refractivity (Wildman–Crippen MR) is 132 cm³/mol. The molecule has 0 spiro atoms. The van der Waals surface area contributed by atoms with Crippen LogP contribution in [0.25, 0.3) is 10.9 Å². The monoisotopic (exact) mass is 462 g/mol. The number of fused-ring (bicyclic) bond motifs is 2. The molecule has 0 atom stereocenters. The Morgan fingerprint density at radius 1 is 1.18 bits per heavy atom. The van der Waals surface area contributed by atoms with Crippen LogP contribution < -0.4 is 4.74 Å². The molecule has 0 radical (unpaired) electrons. The molecule has 0 aliphatic carbocycles. The summed E-state index contributed by atoms with van der Waals surface area (Å²) in [5.41, 5.74) is 4.27. The standard InChI is InChI=1S/C27H34N4O3/c1-17(2)4-7-24-22-13-23(26(32)14-25(22)29-28-24)27(33)31-15-18-5-6-21(12-19(18)16-31)34-20-8-10-30(3)11-9-20/h5-6,12-14,17,20,32H,4,7-11,15-16H2,1-3H3,(H,28,29). The van der Waals surface area contributed by atoms with Gasteiger partial charge in [-0.1, -0.05) is 19.9 Å². The summed E-state index contributed by atoms with van der Waals surface area (Å²) in [5, 5.41) is 18.9. The summed E-state index contributed by atoms with van der Waals surface area (Å²) < 4.78 is 6.24. The highest BCUT2D eigenvalue weighted by molar-refractivity contribution is 6.01. The quantitative estimate of drug-likeness (QED) is 0.564. The van der Waals surface area contributed by atoms with E-state index < -0.39 is 0 Å². The van der Waals surface area contributed by atoms with Gasteiger partial charge in [-0.3, -0.25) is 9.89 Å². The molecule has 2 aliphatic heterocycles. The molecule has 2 N–H and O–H groups in total. The summed E-state index contributed by atoms with van der Waals surface area (Å²) >= 11 is 0. The number of hydrogen-bond donors (Lipinski definition) is 2. The maximum Gasteiger partial charge on any atom is 0.258 e. The number of hydrogen-bond acceptors (Lipinski definition) is 5. The van der Waals surface area contributed by atoms with Crippen LogP contribution in [0.1, 0.15) is 60.3 Å². The number of piperidine rings is 1. The zero-order chi connectivity index (χ0) is 23.8. The summed E-state index contributed by atoms with van der Waals surface area (Å²) in [6, 6.07) is 9.57. The van der Waals surface area contributed by atoms with E-state index in [9.17, 15) is 9.90 Å². The second-order valence-corrected chi connectivity index (χ2v) is 10.2. The summed E-state index contributed by atoms with van der Waals surface area (Å²) in [5.74, 6) is 1.27. The summed E-state index contributed by atoms with van der Waals surface area (Å²) in [6.07, 6.45) is 4.18. The van der Waals surface area contributed by atoms with Crippen molar-refractivity contribution in [1.82, 2.24) is 20.0 Å². The van der Waals surface area contributed by atoms with Gasteiger partial charge in [-0.2, -0.15) is 5.10 Å². The Morgan fingerprint density at radius 2 is 1.94 bits per heavy atom. The van der Waals surface area contributed by atoms with Gasteiger partial charge in [-0.15, -0.1) is 0 Å². The third-order valence-corrected chi connectivity index (χ3v) is 7.10. The van der Waals surface area contributed by atoms with Gasteiger partial charge in [0.15, 0.2) is 0 Å². The van der Waals surface area contributed by atoms with Crippen LogP contribution in [0, 0.1) is 5.92 Å². The van der Waals surface area contributed by atoms with Crippen molar-refractivity contribution < 1.29 is 14.6 Å². The van der Waals surface area contributed by atoms with E-state index in [1.165, 1.54) is 0 Å². The van der Waals surface area contributed by atoms with Gasteiger partial charge < -0.3 is 19.6 Å². The van der Waals surface area contributed by atoms with Crippen molar-refractivity contribution in [3.8, 4) is 11.5 Å². The fourth-order valence-electron chi connectivity index (χ4n) is 4.95. The minimum absolute atomic E-state index is 0.0150. The Bertz CT molecular complexity index is 1190. The Labute approximate surface area is 200 Å². The van der Waals surface area contributed by atoms with Gasteiger partial charge in [-0.05, 0) is 68.0 Å². The molecule has 0 bridgehead atoms. The topological polar surface area (TPSA) is 81.7 Å². The van der Waals surface area contributed by atoms with Crippen molar-refractivity contribution in [2.24, 2.45) is 5.92 Å². The number of carbonyl (C=O) groups excluding carboxylic acids is 1. The average molecular weight is 463 g/mol. The highest BCUT2D eigenvalue weighted by atomic mass is 16.5. The van der Waals surface area contributed by atoms with Gasteiger partial charge in [0.25, 0.3) is 5.91 Å². The third-order valence-electron chi connectivity index (χ3n) is 7.10. The Balaban J connectivity index is 1.31. The third kappa shape index (κ3) is 4.62. The molecule has 7 nitrogen and oxygen atoms in total. The van der Waals surface area contributed by atoms with Crippen molar-refractivity contribution in [2.75, 3.05) is 20.1 Å². The van der Waals surface area contributed by atoms with Crippen LogP contribution in [0.2, 0.25) is 0 Å². The molecule has 180 valence electrons. The van der Waals surface area contributed by atoms with Crippen LogP contribution in [-0.2, 0) is 19.5 Å². The van der Waals surface area contributed by atoms with E-state index >= 15 is 0 Å². The molecule has 1 aromatic heterocycles. The van der Waals surface area contributed by atoms with Crippen LogP contribution in [0.3, 0.4) is 0 Å². The van der Waals surface area contributed by atoms with Crippen LogP contribution in [-0.4, -0.2) is 57.3 Å². The largest absolute Gasteiger partial charge is 0.507 e. The number of aromatic nitrogens is 2. The van der Waals surface area contributed by atoms with Crippen molar-refractivity contribution in [3.63, 3.8) is 0 Å². The minimum atomic E-state index is -0.163. The van der Waals surface area contributed by atoms with Crippen LogP contribution in [0.4, 0.5) is 0 Å². The zero-order valence-corrected chi connectivity index (χ0v) is 20.3. The summed E-state index contributed by atoms with van der Waals surface area (Å²) in [7, 11) is 2.14. The number of nitrogens with zero attached hydrogens (tertiary/aromatic N) is 3. The number of aromatic hydroxyl groups is 1. The molecule has 5 rings (SSSR count). The first-order chi connectivity index (χ1) is 16.4. The highest BCUT2D eigenvalue weighted by Crippen LogP contribution is 2.32. The molecular weight excluding hydrogens is 428 g/mol. The molecule has 1 amide bonds. The first-order valence-electron chi connectivity index (χ1n) is 12.3. The van der Waals surface area contributed by atoms with Gasteiger partial charge in [0.05, 0.1) is 16.8 Å². The molecule has 2 aromatic carbocycles. The summed E-state index contributed by atoms with van der Waals surface area (Å²) in [6.45, 7) is 7.53. The lowest BCUT2D eigenvalue weighted by Crippen LogP contribution is -2.35. The van der Waals surface area contributed by atoms with Crippen LogP contribution in [0.5, 0.6) is 11.5 Å². The lowest BCUT2D eigenvalue weighted by molar-refractivity contribution is 0.0748. The zero-order valence-electron chi connectivity index (χ0n) is 20.3. The molecule has 1 saturated heterocycles. The maximum absolute atomic E-state index is 13.4. The number of benzene rings is 2. The number of aromatic amines is 1. The number of carbonyl (C=O) groups is 1. The van der Waals surface area contributed by atoms with Crippen molar-refractivity contribution in [3.05, 3.63) is 52.7 Å². The second kappa shape index (κ2) is 9.29. The predicted octanol–water partition coefficient (Wildman–Crippen LogP) is 4.49. The molecule has 3 aromatic rings. The normalized spacial score (nSPS) is 17.0. The van der Waals surface area contributed by atoms with E-state index in [1.807, 2.05) is 6.07 Å². The van der Waals surface area contributed by atoms with Gasteiger partial charge in [0, 0.05) is 37.6 Å². The molecular formula is C27H34N4O3. The fourth-order valence-corrected chi connectivity index (χ4v) is 4.95. The number of likely N-dealkylation sites (tertiary alicyclic amines) is 1. The van der Waals surface area contributed by atoms with E-state index in [1.54, 1.807) is 17.0 Å². The molecule has 1 fully saturated rings. The van der Waals surface area contributed by atoms with Crippen molar-refractivity contribution in [2.45, 2.75) is 58.7 Å². The van der Waals surface area contributed by atoms with Gasteiger partial charge in [-0.25, -0.2) is 0 Å². The first-order valence-corrected chi connectivity index (χ1v) is 12.3. The number of amides is 1. The van der Waals surface area contributed by atoms with Gasteiger partial charge >= 0.3 is 0 Å². The van der Waals surface area contributed by atoms with Crippen LogP contribution in [0.15, 0.2) is 30.3 Å². The Morgan fingerprint density at radius 3 is 2.71 bits per heavy atom. The average Bonchev–Trinajstić information content (AvgIpc) is 3.41. The van der Waals surface area contributed by atoms with E-state index in [0.717, 1.165) is 72.2 Å². The molecule has 0 saturated carbocycles. The van der Waals surface area contributed by atoms with E-state index in [0.29, 0.717) is 24.6 Å². The lowest BCUT2D eigenvalue weighted by Gasteiger charge is -2.29. The number of phenolic OH excluding ortho intramolecular Hbond substituents is 1. The number of H-pyrrole nitrogens is 1. The van der Waals surface area contributed by atoms with Gasteiger partial charge in [0.2, 0.25) is 0 Å². The van der Waals surface area contributed by atoms with E-state index in [2.05, 4.69) is 48.1 Å². The number of rotatable bonds is 6. The number of ether oxygens (including phenoxy) is 1. The van der Waals surface area contributed by atoms with Crippen LogP contribution >= 0.6 is 0 Å². The molecule has 0 unspecified atom stereocenters. The van der Waals surface area contributed by atoms with E-state index in [4.69, 9.17) is 4.74 Å². The number of aryl methyl sites for hydroxylation is 1. The van der Waals surface area contributed by atoms with Gasteiger partial charge in [0.1, 0.15) is 17.6 Å². The maximum atomic E-state index is 13.4. The Kier molecular flexibility index (Phi) is 6.21. The number of nitrogens with one attached hydrogen (secondary N) is 1. The van der Waals surface area contributed by atoms with E-state index in [-0.39, 0.29) is 17.8 Å². The van der Waals surface area contributed by atoms with Crippen molar-refractivity contribution >= 4 is 16.8 Å². The molecule has 3 heterocycles. The lowest BCUT2D eigenvalue weighted by atomic mass is 10.0. The highest BCUT2D eigenvalue weighted by Gasteiger charge is 2.28.